The summed E-state index contributed by atoms with van der Waals surface area (Å²) < 4.78 is 10.8. The molecule has 4 atom stereocenters. The van der Waals surface area contributed by atoms with Crippen LogP contribution < -0.4 is 10.6 Å². The molecule has 11 nitrogen and oxygen atoms in total. The number of aliphatic hydroxyl groups is 1. The topological polar surface area (TPSA) is 138 Å². The van der Waals surface area contributed by atoms with Gasteiger partial charge in [-0.15, -0.1) is 0 Å². The minimum absolute atomic E-state index is 0.00727. The second-order valence-electron chi connectivity index (χ2n) is 12.1. The number of β-amino-alcohol motifs (C(OH)–C–C–N with tert-alkyl or cyclic N) is 1. The molecule has 1 aliphatic heterocycles. The summed E-state index contributed by atoms with van der Waals surface area (Å²) in [4.78, 5) is 55.1. The molecule has 3 rings (SSSR count). The lowest BCUT2D eigenvalue weighted by Crippen LogP contribution is -2.53. The summed E-state index contributed by atoms with van der Waals surface area (Å²) in [5.41, 5.74) is 1.65. The molecule has 44 heavy (non-hydrogen) atoms. The number of hydrogen-bond donors (Lipinski definition) is 3. The number of ether oxygens (including phenoxy) is 2. The molecule has 0 radical (unpaired) electrons. The molecule has 0 spiro atoms. The minimum atomic E-state index is -1.03. The van der Waals surface area contributed by atoms with E-state index in [0.29, 0.717) is 12.8 Å². The Bertz CT molecular complexity index is 1230. The summed E-state index contributed by atoms with van der Waals surface area (Å²) in [6.07, 6.45) is -1.63. The van der Waals surface area contributed by atoms with Gasteiger partial charge in [-0.2, -0.15) is 0 Å². The molecule has 3 N–H and O–H groups in total. The standard InChI is InChI=1S/C33H46N4O7/c1-22(2)16-26(35-32(41)43-20-24-12-8-6-9-13-24)30(39)34-27-18-37(19-29(27)38)31(40)28(17-23(3)4)36(5)33(42)44-21-25-14-10-7-11-15-25/h6-15,22-23,26-29,38H,16-21H2,1-5H3,(H,34,39)(H,35,41)/t26-,27?,28-,29?/m0/s1. The van der Waals surface area contributed by atoms with Gasteiger partial charge in [0, 0.05) is 20.1 Å². The third-order valence-corrected chi connectivity index (χ3v) is 7.40. The summed E-state index contributed by atoms with van der Waals surface area (Å²) in [6, 6.07) is 16.0. The largest absolute Gasteiger partial charge is 0.445 e. The van der Waals surface area contributed by atoms with Crippen molar-refractivity contribution in [2.75, 3.05) is 20.1 Å². The molecule has 2 aromatic rings. The first-order chi connectivity index (χ1) is 20.9. The van der Waals surface area contributed by atoms with Gasteiger partial charge >= 0.3 is 12.2 Å². The van der Waals surface area contributed by atoms with Crippen LogP contribution in [-0.4, -0.2) is 83.3 Å². The number of benzene rings is 2. The Morgan fingerprint density at radius 3 is 1.95 bits per heavy atom. The molecule has 0 aliphatic carbocycles. The van der Waals surface area contributed by atoms with E-state index in [4.69, 9.17) is 9.47 Å². The number of likely N-dealkylation sites (N-methyl/N-ethyl adjacent to an activating group) is 1. The SMILES string of the molecule is CC(C)C[C@H](NC(=O)OCc1ccccc1)C(=O)NC1CN(C(=O)[C@H](CC(C)C)N(C)C(=O)OCc2ccccc2)CC1O. The van der Waals surface area contributed by atoms with Crippen LogP contribution in [-0.2, 0) is 32.3 Å². The van der Waals surface area contributed by atoms with E-state index in [1.54, 1.807) is 0 Å². The summed E-state index contributed by atoms with van der Waals surface area (Å²) in [5.74, 6) is -0.634. The van der Waals surface area contributed by atoms with E-state index < -0.39 is 42.3 Å². The fourth-order valence-electron chi connectivity index (χ4n) is 5.03. The van der Waals surface area contributed by atoms with Crippen LogP contribution in [0.25, 0.3) is 0 Å². The van der Waals surface area contributed by atoms with Gasteiger partial charge in [-0.3, -0.25) is 14.5 Å². The zero-order valence-electron chi connectivity index (χ0n) is 26.3. The average molecular weight is 611 g/mol. The molecule has 2 unspecified atom stereocenters. The summed E-state index contributed by atoms with van der Waals surface area (Å²) in [5, 5.41) is 16.3. The number of amides is 4. The molecule has 2 aromatic carbocycles. The fourth-order valence-corrected chi connectivity index (χ4v) is 5.03. The maximum Gasteiger partial charge on any atom is 0.410 e. The number of carbonyl (C=O) groups excluding carboxylic acids is 4. The Balaban J connectivity index is 1.60. The van der Waals surface area contributed by atoms with Crippen LogP contribution in [0.1, 0.15) is 51.7 Å². The number of likely N-dealkylation sites (tertiary alicyclic amines) is 1. The van der Waals surface area contributed by atoms with E-state index in [2.05, 4.69) is 10.6 Å². The molecule has 0 saturated carbocycles. The van der Waals surface area contributed by atoms with Crippen LogP contribution in [0, 0.1) is 11.8 Å². The zero-order chi connectivity index (χ0) is 32.2. The second kappa shape index (κ2) is 16.7. The highest BCUT2D eigenvalue weighted by Gasteiger charge is 2.40. The zero-order valence-corrected chi connectivity index (χ0v) is 26.3. The normalized spacial score (nSPS) is 17.6. The average Bonchev–Trinajstić information content (AvgIpc) is 3.36. The number of aliphatic hydroxyl groups excluding tert-OH is 1. The predicted octanol–water partition coefficient (Wildman–Crippen LogP) is 3.70. The van der Waals surface area contributed by atoms with E-state index in [9.17, 15) is 24.3 Å². The Morgan fingerprint density at radius 1 is 0.864 bits per heavy atom. The predicted molar refractivity (Wildman–Crippen MR) is 165 cm³/mol. The monoisotopic (exact) mass is 610 g/mol. The molecular formula is C33H46N4O7. The van der Waals surface area contributed by atoms with Crippen molar-refractivity contribution < 1.29 is 33.8 Å². The molecule has 0 aromatic heterocycles. The van der Waals surface area contributed by atoms with Gasteiger partial charge in [-0.05, 0) is 35.8 Å². The van der Waals surface area contributed by atoms with E-state index in [0.717, 1.165) is 11.1 Å². The van der Waals surface area contributed by atoms with Crippen LogP contribution >= 0.6 is 0 Å². The highest BCUT2D eigenvalue weighted by molar-refractivity contribution is 5.87. The van der Waals surface area contributed by atoms with Gasteiger partial charge in [0.15, 0.2) is 0 Å². The van der Waals surface area contributed by atoms with Gasteiger partial charge in [0.05, 0.1) is 12.1 Å². The summed E-state index contributed by atoms with van der Waals surface area (Å²) >= 11 is 0. The fraction of sp³-hybridized carbons (Fsp3) is 0.515. The molecule has 11 heteroatoms. The number of rotatable bonds is 13. The van der Waals surface area contributed by atoms with Gasteiger partial charge < -0.3 is 30.1 Å². The first-order valence-corrected chi connectivity index (χ1v) is 15.1. The first kappa shape index (κ1) is 34.4. The first-order valence-electron chi connectivity index (χ1n) is 15.1. The van der Waals surface area contributed by atoms with Gasteiger partial charge in [-0.1, -0.05) is 88.4 Å². The highest BCUT2D eigenvalue weighted by atomic mass is 16.6. The van der Waals surface area contributed by atoms with E-state index >= 15 is 0 Å². The lowest BCUT2D eigenvalue weighted by molar-refractivity contribution is -0.136. The maximum absolute atomic E-state index is 13.7. The Morgan fingerprint density at radius 2 is 1.41 bits per heavy atom. The van der Waals surface area contributed by atoms with Crippen molar-refractivity contribution in [1.82, 2.24) is 20.4 Å². The van der Waals surface area contributed by atoms with Crippen LogP contribution in [0.4, 0.5) is 9.59 Å². The number of hydrogen-bond acceptors (Lipinski definition) is 7. The molecule has 1 saturated heterocycles. The third-order valence-electron chi connectivity index (χ3n) is 7.40. The lowest BCUT2D eigenvalue weighted by atomic mass is 10.0. The lowest BCUT2D eigenvalue weighted by Gasteiger charge is -2.31. The van der Waals surface area contributed by atoms with Crippen LogP contribution in [0.2, 0.25) is 0 Å². The number of nitrogens with zero attached hydrogens (tertiary/aromatic N) is 2. The maximum atomic E-state index is 13.7. The molecular weight excluding hydrogens is 564 g/mol. The van der Waals surface area contributed by atoms with Crippen molar-refractivity contribution in [3.8, 4) is 0 Å². The quantitative estimate of drug-likeness (QED) is 0.315. The summed E-state index contributed by atoms with van der Waals surface area (Å²) in [7, 11) is 1.53. The Labute approximate surface area is 259 Å². The van der Waals surface area contributed by atoms with Crippen molar-refractivity contribution in [3.05, 3.63) is 71.8 Å². The Kier molecular flexibility index (Phi) is 13.0. The van der Waals surface area contributed by atoms with Gasteiger partial charge in [-0.25, -0.2) is 9.59 Å². The summed E-state index contributed by atoms with van der Waals surface area (Å²) in [6.45, 7) is 7.96. The third kappa shape index (κ3) is 10.6. The number of carbonyl (C=O) groups is 4. The molecule has 0 bridgehead atoms. The van der Waals surface area contributed by atoms with Crippen molar-refractivity contribution in [2.24, 2.45) is 11.8 Å². The van der Waals surface area contributed by atoms with Gasteiger partial charge in [0.25, 0.3) is 0 Å². The Hall–Kier alpha value is -4.12. The highest BCUT2D eigenvalue weighted by Crippen LogP contribution is 2.20. The second-order valence-corrected chi connectivity index (χ2v) is 12.1. The molecule has 4 amide bonds. The van der Waals surface area contributed by atoms with E-state index in [-0.39, 0.29) is 44.0 Å². The van der Waals surface area contributed by atoms with E-state index in [1.165, 1.54) is 16.8 Å². The van der Waals surface area contributed by atoms with E-state index in [1.807, 2.05) is 88.4 Å². The smallest absolute Gasteiger partial charge is 0.410 e. The molecule has 1 heterocycles. The molecule has 240 valence electrons. The van der Waals surface area contributed by atoms with Crippen LogP contribution in [0.3, 0.4) is 0 Å². The van der Waals surface area contributed by atoms with Crippen molar-refractivity contribution in [1.29, 1.82) is 0 Å². The van der Waals surface area contributed by atoms with Crippen LogP contribution in [0.15, 0.2) is 60.7 Å². The number of alkyl carbamates (subject to hydrolysis) is 1. The van der Waals surface area contributed by atoms with Crippen molar-refractivity contribution >= 4 is 24.0 Å². The van der Waals surface area contributed by atoms with Crippen molar-refractivity contribution in [3.63, 3.8) is 0 Å². The molecule has 1 fully saturated rings. The van der Waals surface area contributed by atoms with Gasteiger partial charge in [0.1, 0.15) is 25.3 Å². The number of nitrogens with one attached hydrogen (secondary N) is 2. The molecule has 1 aliphatic rings. The van der Waals surface area contributed by atoms with Crippen LogP contribution in [0.5, 0.6) is 0 Å². The van der Waals surface area contributed by atoms with Crippen molar-refractivity contribution in [2.45, 2.75) is 78.0 Å². The van der Waals surface area contributed by atoms with Gasteiger partial charge in [0.2, 0.25) is 11.8 Å². The minimum Gasteiger partial charge on any atom is -0.445 e.